The Morgan fingerprint density at radius 1 is 1.15 bits per heavy atom. The maximum Gasteiger partial charge on any atom is 0.326 e. The van der Waals surface area contributed by atoms with Crippen molar-refractivity contribution < 1.29 is 13.5 Å². The smallest absolute Gasteiger partial charge is 0.326 e. The van der Waals surface area contributed by atoms with Gasteiger partial charge in [-0.1, -0.05) is 0 Å². The van der Waals surface area contributed by atoms with E-state index in [2.05, 4.69) is 40.5 Å². The molecule has 2 atom stereocenters. The highest BCUT2D eigenvalue weighted by molar-refractivity contribution is 6.15. The summed E-state index contributed by atoms with van der Waals surface area (Å²) < 4.78 is 35.4. The molecule has 0 spiro atoms. The summed E-state index contributed by atoms with van der Waals surface area (Å²) in [7, 11) is 1.66. The largest absolute Gasteiger partial charge is 0.421 e. The van der Waals surface area contributed by atoms with Gasteiger partial charge in [0.2, 0.25) is 0 Å². The first kappa shape index (κ1) is 20.0. The highest BCUT2D eigenvalue weighted by atomic mass is 19.2. The molecule has 2 aliphatic heterocycles. The molecule has 6 rings (SSSR count). The number of aromatic amines is 1. The van der Waals surface area contributed by atoms with Gasteiger partial charge in [0.25, 0.3) is 0 Å². The number of aryl methyl sites for hydroxylation is 1. The monoisotopic (exact) mass is 452 g/mol. The van der Waals surface area contributed by atoms with E-state index in [1.807, 2.05) is 0 Å². The number of rotatable bonds is 4. The summed E-state index contributed by atoms with van der Waals surface area (Å²) in [5.74, 6) is 0.119. The molecule has 3 N–H and O–H groups in total. The van der Waals surface area contributed by atoms with E-state index >= 15 is 4.39 Å². The lowest BCUT2D eigenvalue weighted by atomic mass is 10.1. The Labute approximate surface area is 187 Å². The number of aromatic nitrogens is 5. The fourth-order valence-corrected chi connectivity index (χ4v) is 4.89. The van der Waals surface area contributed by atoms with Crippen molar-refractivity contribution in [2.45, 2.75) is 19.4 Å². The molecule has 1 unspecified atom stereocenters. The standard InChI is InChI=1S/C22H22F2N8O/c1-10-27-6-12(7-28-10)33-22-30-20-17(16-18(24)13(23)5-14(25-2)19(16)29-20)21(31-22)32-8-11-3-4-26-15(11)9-32/h5-7,11,15,25-26H,3-4,8-9H2,1-2H3,(H,29,30,31)/t11-,15?/m1/s1. The van der Waals surface area contributed by atoms with Crippen LogP contribution in [0.1, 0.15) is 12.2 Å². The molecule has 0 amide bonds. The first-order valence-electron chi connectivity index (χ1n) is 10.9. The van der Waals surface area contributed by atoms with E-state index in [0.717, 1.165) is 25.6 Å². The predicted molar refractivity (Wildman–Crippen MR) is 120 cm³/mol. The van der Waals surface area contributed by atoms with Crippen molar-refractivity contribution in [2.75, 3.05) is 36.9 Å². The molecule has 170 valence electrons. The zero-order chi connectivity index (χ0) is 22.7. The summed E-state index contributed by atoms with van der Waals surface area (Å²) in [6.45, 7) is 4.24. The third kappa shape index (κ3) is 3.22. The van der Waals surface area contributed by atoms with Crippen LogP contribution in [0.15, 0.2) is 18.5 Å². The number of nitrogens with zero attached hydrogens (tertiary/aromatic N) is 5. The van der Waals surface area contributed by atoms with Gasteiger partial charge in [0.15, 0.2) is 17.4 Å². The van der Waals surface area contributed by atoms with Crippen molar-refractivity contribution in [2.24, 2.45) is 5.92 Å². The van der Waals surface area contributed by atoms with Gasteiger partial charge >= 0.3 is 6.01 Å². The number of fused-ring (bicyclic) bond motifs is 4. The fourth-order valence-electron chi connectivity index (χ4n) is 4.89. The summed E-state index contributed by atoms with van der Waals surface area (Å²) in [6.07, 6.45) is 4.15. The average molecular weight is 452 g/mol. The van der Waals surface area contributed by atoms with Gasteiger partial charge in [0, 0.05) is 32.2 Å². The van der Waals surface area contributed by atoms with Crippen LogP contribution in [0.25, 0.3) is 21.9 Å². The summed E-state index contributed by atoms with van der Waals surface area (Å²) in [5, 5.41) is 6.99. The van der Waals surface area contributed by atoms with Crippen molar-refractivity contribution in [3.05, 3.63) is 35.9 Å². The Morgan fingerprint density at radius 3 is 2.73 bits per heavy atom. The molecule has 9 nitrogen and oxygen atoms in total. The quantitative estimate of drug-likeness (QED) is 0.434. The number of anilines is 2. The molecule has 4 aromatic rings. The zero-order valence-corrected chi connectivity index (χ0v) is 18.1. The molecule has 0 aliphatic carbocycles. The van der Waals surface area contributed by atoms with Crippen LogP contribution in [0.2, 0.25) is 0 Å². The molecule has 0 bridgehead atoms. The minimum atomic E-state index is -0.934. The maximum absolute atomic E-state index is 15.1. The van der Waals surface area contributed by atoms with Crippen LogP contribution in [0.4, 0.5) is 20.3 Å². The van der Waals surface area contributed by atoms with Gasteiger partial charge in [-0.15, -0.1) is 0 Å². The SMILES string of the molecule is CNc1cc(F)c(F)c2c1[nH]c1nc(Oc3cnc(C)nc3)nc(N3CC4NCC[C@@H]4C3)c12. The lowest BCUT2D eigenvalue weighted by Crippen LogP contribution is -2.30. The van der Waals surface area contributed by atoms with Crippen LogP contribution < -0.4 is 20.3 Å². The number of ether oxygens (including phenoxy) is 1. The molecule has 2 fully saturated rings. The lowest BCUT2D eigenvalue weighted by molar-refractivity contribution is 0.439. The lowest BCUT2D eigenvalue weighted by Gasteiger charge is -2.20. The van der Waals surface area contributed by atoms with Gasteiger partial charge in [0.1, 0.15) is 17.3 Å². The molecule has 5 heterocycles. The first-order chi connectivity index (χ1) is 16.0. The molecule has 3 aromatic heterocycles. The minimum Gasteiger partial charge on any atom is -0.421 e. The second-order valence-electron chi connectivity index (χ2n) is 8.48. The Balaban J connectivity index is 1.56. The zero-order valence-electron chi connectivity index (χ0n) is 18.1. The van der Waals surface area contributed by atoms with Gasteiger partial charge in [-0.05, 0) is 25.8 Å². The average Bonchev–Trinajstić information content (AvgIpc) is 3.50. The van der Waals surface area contributed by atoms with Crippen molar-refractivity contribution in [1.29, 1.82) is 0 Å². The van der Waals surface area contributed by atoms with Crippen LogP contribution in [0.3, 0.4) is 0 Å². The Kier molecular flexibility index (Phi) is 4.54. The molecule has 1 aromatic carbocycles. The van der Waals surface area contributed by atoms with Crippen LogP contribution >= 0.6 is 0 Å². The highest BCUT2D eigenvalue weighted by Gasteiger charge is 2.38. The summed E-state index contributed by atoms with van der Waals surface area (Å²) in [5.41, 5.74) is 1.22. The molecular weight excluding hydrogens is 430 g/mol. The second kappa shape index (κ2) is 7.48. The molecule has 2 saturated heterocycles. The van der Waals surface area contributed by atoms with Crippen LogP contribution in [0, 0.1) is 24.5 Å². The number of nitrogens with one attached hydrogen (secondary N) is 3. The van der Waals surface area contributed by atoms with E-state index < -0.39 is 11.6 Å². The third-order valence-corrected chi connectivity index (χ3v) is 6.48. The normalized spacial score (nSPS) is 20.1. The Bertz CT molecular complexity index is 1360. The van der Waals surface area contributed by atoms with Gasteiger partial charge in [-0.3, -0.25) is 0 Å². The minimum absolute atomic E-state index is 0.0772. The second-order valence-corrected chi connectivity index (χ2v) is 8.48. The number of H-pyrrole nitrogens is 1. The number of hydrogen-bond donors (Lipinski definition) is 3. The van der Waals surface area contributed by atoms with Crippen molar-refractivity contribution >= 4 is 33.4 Å². The van der Waals surface area contributed by atoms with E-state index in [1.165, 1.54) is 0 Å². The Hall–Kier alpha value is -3.60. The van der Waals surface area contributed by atoms with Crippen molar-refractivity contribution in [3.8, 4) is 11.8 Å². The summed E-state index contributed by atoms with van der Waals surface area (Å²) in [4.78, 5) is 22.6. The fraction of sp³-hybridized carbons (Fsp3) is 0.364. The molecule has 2 aliphatic rings. The van der Waals surface area contributed by atoms with E-state index in [4.69, 9.17) is 4.74 Å². The molecular formula is C22H22F2N8O. The van der Waals surface area contributed by atoms with Crippen LogP contribution in [-0.2, 0) is 0 Å². The van der Waals surface area contributed by atoms with Crippen molar-refractivity contribution in [1.82, 2.24) is 30.2 Å². The summed E-state index contributed by atoms with van der Waals surface area (Å²) in [6, 6.07) is 1.55. The molecule has 33 heavy (non-hydrogen) atoms. The van der Waals surface area contributed by atoms with Gasteiger partial charge in [-0.25, -0.2) is 18.7 Å². The van der Waals surface area contributed by atoms with E-state index in [-0.39, 0.29) is 11.4 Å². The van der Waals surface area contributed by atoms with Gasteiger partial charge in [-0.2, -0.15) is 9.97 Å². The van der Waals surface area contributed by atoms with Crippen molar-refractivity contribution in [3.63, 3.8) is 0 Å². The van der Waals surface area contributed by atoms with Crippen LogP contribution in [-0.4, -0.2) is 57.6 Å². The van der Waals surface area contributed by atoms with Crippen LogP contribution in [0.5, 0.6) is 11.8 Å². The van der Waals surface area contributed by atoms with Gasteiger partial charge < -0.3 is 25.3 Å². The van der Waals surface area contributed by atoms with E-state index in [9.17, 15) is 4.39 Å². The molecule has 0 radical (unpaired) electrons. The topological polar surface area (TPSA) is 104 Å². The third-order valence-electron chi connectivity index (χ3n) is 6.48. The number of benzene rings is 1. The maximum atomic E-state index is 15.1. The molecule has 11 heteroatoms. The predicted octanol–water partition coefficient (Wildman–Crippen LogP) is 3.12. The number of hydrogen-bond acceptors (Lipinski definition) is 8. The highest BCUT2D eigenvalue weighted by Crippen LogP contribution is 2.40. The Morgan fingerprint density at radius 2 is 1.97 bits per heavy atom. The van der Waals surface area contributed by atoms with E-state index in [0.29, 0.717) is 58.1 Å². The molecule has 0 saturated carbocycles. The van der Waals surface area contributed by atoms with E-state index in [1.54, 1.807) is 26.4 Å². The van der Waals surface area contributed by atoms with Gasteiger partial charge in [0.05, 0.1) is 34.4 Å². The first-order valence-corrected chi connectivity index (χ1v) is 10.9. The summed E-state index contributed by atoms with van der Waals surface area (Å²) >= 11 is 0. The number of halogens is 2.